The second-order valence-corrected chi connectivity index (χ2v) is 4.85. The van der Waals surface area contributed by atoms with Crippen LogP contribution in [0.3, 0.4) is 0 Å². The molecule has 0 radical (unpaired) electrons. The van der Waals surface area contributed by atoms with Gasteiger partial charge in [-0.05, 0) is 12.1 Å². The van der Waals surface area contributed by atoms with Crippen molar-refractivity contribution in [3.05, 3.63) is 65.7 Å². The molecule has 2 N–H and O–H groups in total. The summed E-state index contributed by atoms with van der Waals surface area (Å²) in [5, 5.41) is 11.5. The van der Waals surface area contributed by atoms with Crippen LogP contribution in [0.25, 0.3) is 0 Å². The van der Waals surface area contributed by atoms with Gasteiger partial charge in [0.2, 0.25) is 0 Å². The summed E-state index contributed by atoms with van der Waals surface area (Å²) in [6, 6.07) is 15.4. The van der Waals surface area contributed by atoms with Crippen molar-refractivity contribution >= 4 is 17.5 Å². The fourth-order valence-corrected chi connectivity index (χ4v) is 1.96. The van der Waals surface area contributed by atoms with Gasteiger partial charge in [0, 0.05) is 30.4 Å². The molecular weight excluding hydrogens is 280 g/mol. The van der Waals surface area contributed by atoms with Gasteiger partial charge >= 0.3 is 6.03 Å². The average molecular weight is 298 g/mol. The molecule has 0 saturated heterocycles. The smallest absolute Gasteiger partial charge is 0.321 e. The maximum Gasteiger partial charge on any atom is 0.321 e. The lowest BCUT2D eigenvalue weighted by atomic mass is 10.0. The maximum atomic E-state index is 12.4. The predicted octanol–water partition coefficient (Wildman–Crippen LogP) is 2.37. The number of likely N-dealkylation sites (N-methyl/N-ethyl adjacent to an activating group) is 1. The molecule has 0 saturated carbocycles. The number of carbonyl (C=O) groups excluding carboxylic acids is 2. The van der Waals surface area contributed by atoms with E-state index in [0.717, 1.165) is 0 Å². The Kier molecular flexibility index (Phi) is 5.27. The van der Waals surface area contributed by atoms with Crippen molar-refractivity contribution in [3.8, 4) is 0 Å². The highest BCUT2D eigenvalue weighted by molar-refractivity contribution is 6.09. The average Bonchev–Trinajstić information content (AvgIpc) is 2.55. The van der Waals surface area contributed by atoms with Crippen LogP contribution in [0.4, 0.5) is 10.5 Å². The first-order chi connectivity index (χ1) is 10.6. The Morgan fingerprint density at radius 1 is 1.05 bits per heavy atom. The Morgan fingerprint density at radius 3 is 2.41 bits per heavy atom. The first-order valence-electron chi connectivity index (χ1n) is 6.94. The molecule has 0 aliphatic heterocycles. The van der Waals surface area contributed by atoms with Crippen LogP contribution >= 0.6 is 0 Å². The van der Waals surface area contributed by atoms with E-state index in [2.05, 4.69) is 5.32 Å². The summed E-state index contributed by atoms with van der Waals surface area (Å²) in [6.45, 7) is 0.144. The lowest BCUT2D eigenvalue weighted by molar-refractivity contribution is 0.103. The minimum absolute atomic E-state index is 0.0968. The van der Waals surface area contributed by atoms with Crippen LogP contribution in [0.2, 0.25) is 0 Å². The van der Waals surface area contributed by atoms with Crippen molar-refractivity contribution in [1.82, 2.24) is 4.90 Å². The van der Waals surface area contributed by atoms with Crippen molar-refractivity contribution in [2.24, 2.45) is 0 Å². The Bertz CT molecular complexity index is 656. The molecule has 0 atom stereocenters. The summed E-state index contributed by atoms with van der Waals surface area (Å²) in [7, 11) is 1.59. The van der Waals surface area contributed by atoms with Crippen LogP contribution in [0.1, 0.15) is 15.9 Å². The molecule has 0 bridgehead atoms. The molecule has 2 rings (SSSR count). The van der Waals surface area contributed by atoms with Crippen LogP contribution in [0, 0.1) is 0 Å². The van der Waals surface area contributed by atoms with E-state index in [1.165, 1.54) is 4.90 Å². The van der Waals surface area contributed by atoms with Gasteiger partial charge in [-0.25, -0.2) is 4.79 Å². The van der Waals surface area contributed by atoms with Gasteiger partial charge in [0.25, 0.3) is 0 Å². The molecule has 0 fully saturated rings. The van der Waals surface area contributed by atoms with Gasteiger partial charge in [-0.3, -0.25) is 4.79 Å². The van der Waals surface area contributed by atoms with Crippen LogP contribution in [-0.2, 0) is 0 Å². The van der Waals surface area contributed by atoms with E-state index >= 15 is 0 Å². The molecule has 2 amide bonds. The van der Waals surface area contributed by atoms with Gasteiger partial charge in [-0.2, -0.15) is 0 Å². The van der Waals surface area contributed by atoms with Crippen molar-refractivity contribution in [3.63, 3.8) is 0 Å². The van der Waals surface area contributed by atoms with E-state index in [1.54, 1.807) is 43.4 Å². The molecule has 5 heteroatoms. The monoisotopic (exact) mass is 298 g/mol. The molecule has 0 heterocycles. The van der Waals surface area contributed by atoms with E-state index < -0.39 is 0 Å². The molecule has 2 aromatic rings. The third-order valence-electron chi connectivity index (χ3n) is 3.19. The van der Waals surface area contributed by atoms with E-state index in [9.17, 15) is 9.59 Å². The Balaban J connectivity index is 2.13. The topological polar surface area (TPSA) is 69.6 Å². The van der Waals surface area contributed by atoms with Gasteiger partial charge in [-0.1, -0.05) is 42.5 Å². The highest BCUT2D eigenvalue weighted by Gasteiger charge is 2.11. The molecule has 0 aliphatic rings. The van der Waals surface area contributed by atoms with E-state index in [1.807, 2.05) is 18.2 Å². The fourth-order valence-electron chi connectivity index (χ4n) is 1.96. The number of nitrogens with zero attached hydrogens (tertiary/aromatic N) is 1. The van der Waals surface area contributed by atoms with Crippen molar-refractivity contribution in [2.75, 3.05) is 25.5 Å². The second kappa shape index (κ2) is 7.38. The van der Waals surface area contributed by atoms with Crippen LogP contribution < -0.4 is 5.32 Å². The summed E-state index contributed by atoms with van der Waals surface area (Å²) >= 11 is 0. The number of rotatable bonds is 5. The normalized spacial score (nSPS) is 10.1. The van der Waals surface area contributed by atoms with Crippen molar-refractivity contribution in [2.45, 2.75) is 0 Å². The number of nitrogens with one attached hydrogen (secondary N) is 1. The summed E-state index contributed by atoms with van der Waals surface area (Å²) in [6.07, 6.45) is 0. The summed E-state index contributed by atoms with van der Waals surface area (Å²) in [4.78, 5) is 25.6. The number of aliphatic hydroxyl groups excluding tert-OH is 1. The number of anilines is 1. The predicted molar refractivity (Wildman–Crippen MR) is 85.1 cm³/mol. The zero-order valence-electron chi connectivity index (χ0n) is 12.3. The molecular formula is C17H18N2O3. The van der Waals surface area contributed by atoms with Crippen LogP contribution in [0.15, 0.2) is 54.6 Å². The van der Waals surface area contributed by atoms with Crippen molar-refractivity contribution in [1.29, 1.82) is 0 Å². The summed E-state index contributed by atoms with van der Waals surface area (Å²) < 4.78 is 0. The number of amides is 2. The van der Waals surface area contributed by atoms with Gasteiger partial charge in [0.1, 0.15) is 0 Å². The van der Waals surface area contributed by atoms with E-state index in [4.69, 9.17) is 5.11 Å². The van der Waals surface area contributed by atoms with Gasteiger partial charge < -0.3 is 15.3 Å². The van der Waals surface area contributed by atoms with E-state index in [0.29, 0.717) is 16.8 Å². The second-order valence-electron chi connectivity index (χ2n) is 4.85. The van der Waals surface area contributed by atoms with Crippen LogP contribution in [0.5, 0.6) is 0 Å². The molecule has 0 aromatic heterocycles. The third kappa shape index (κ3) is 3.93. The van der Waals surface area contributed by atoms with Gasteiger partial charge in [0.05, 0.1) is 6.61 Å². The van der Waals surface area contributed by atoms with Crippen molar-refractivity contribution < 1.29 is 14.7 Å². The quantitative estimate of drug-likeness (QED) is 0.833. The SMILES string of the molecule is CN(CCO)C(=O)Nc1cccc(C(=O)c2ccccc2)c1. The molecule has 22 heavy (non-hydrogen) atoms. The first-order valence-corrected chi connectivity index (χ1v) is 6.94. The molecule has 0 aliphatic carbocycles. The lowest BCUT2D eigenvalue weighted by Crippen LogP contribution is -2.33. The van der Waals surface area contributed by atoms with Crippen LogP contribution in [-0.4, -0.2) is 42.0 Å². The highest BCUT2D eigenvalue weighted by atomic mass is 16.3. The first kappa shape index (κ1) is 15.7. The highest BCUT2D eigenvalue weighted by Crippen LogP contribution is 2.15. The Hall–Kier alpha value is -2.66. The number of hydrogen-bond acceptors (Lipinski definition) is 3. The Morgan fingerprint density at radius 2 is 1.73 bits per heavy atom. The van der Waals surface area contributed by atoms with E-state index in [-0.39, 0.29) is 25.0 Å². The minimum Gasteiger partial charge on any atom is -0.395 e. The fraction of sp³-hybridized carbons (Fsp3) is 0.176. The lowest BCUT2D eigenvalue weighted by Gasteiger charge is -2.16. The number of ketones is 1. The van der Waals surface area contributed by atoms with Gasteiger partial charge in [0.15, 0.2) is 5.78 Å². The zero-order chi connectivity index (χ0) is 15.9. The maximum absolute atomic E-state index is 12.4. The molecule has 0 spiro atoms. The molecule has 5 nitrogen and oxygen atoms in total. The Labute approximate surface area is 129 Å². The summed E-state index contributed by atoms with van der Waals surface area (Å²) in [5.41, 5.74) is 1.65. The number of aliphatic hydroxyl groups is 1. The zero-order valence-corrected chi connectivity index (χ0v) is 12.3. The van der Waals surface area contributed by atoms with Gasteiger partial charge in [-0.15, -0.1) is 0 Å². The number of urea groups is 1. The standard InChI is InChI=1S/C17H18N2O3/c1-19(10-11-20)17(22)18-15-9-5-8-14(12-15)16(21)13-6-3-2-4-7-13/h2-9,12,20H,10-11H2,1H3,(H,18,22). The molecule has 0 unspecified atom stereocenters. The minimum atomic E-state index is -0.335. The number of carbonyl (C=O) groups is 2. The summed E-state index contributed by atoms with van der Waals surface area (Å²) in [5.74, 6) is -0.0968. The largest absolute Gasteiger partial charge is 0.395 e. The molecule has 114 valence electrons. The number of benzene rings is 2. The number of hydrogen-bond donors (Lipinski definition) is 2. The molecule has 2 aromatic carbocycles. The third-order valence-corrected chi connectivity index (χ3v) is 3.19.